The lowest BCUT2D eigenvalue weighted by Gasteiger charge is -2.32. The van der Waals surface area contributed by atoms with Crippen molar-refractivity contribution in [2.24, 2.45) is 0 Å². The molecule has 2 atom stereocenters. The molecule has 3 nitrogen and oxygen atoms in total. The van der Waals surface area contributed by atoms with Gasteiger partial charge in [-0.3, -0.25) is 0 Å². The highest BCUT2D eigenvalue weighted by Crippen LogP contribution is 2.18. The molecule has 1 saturated heterocycles. The number of benzene rings is 1. The van der Waals surface area contributed by atoms with Crippen molar-refractivity contribution in [3.63, 3.8) is 0 Å². The molecule has 0 bridgehead atoms. The molecule has 0 spiro atoms. The number of ether oxygens (including phenoxy) is 2. The van der Waals surface area contributed by atoms with E-state index >= 15 is 0 Å². The quantitative estimate of drug-likeness (QED) is 0.867. The van der Waals surface area contributed by atoms with E-state index in [0.717, 1.165) is 25.3 Å². The van der Waals surface area contributed by atoms with Gasteiger partial charge in [-0.2, -0.15) is 0 Å². The SMILES string of the molecule is CCNC1CCOCC1Oc1ccc(C)cc1. The van der Waals surface area contributed by atoms with Gasteiger partial charge in [0.2, 0.25) is 0 Å². The molecule has 1 aromatic rings. The van der Waals surface area contributed by atoms with Crippen LogP contribution in [0.15, 0.2) is 24.3 Å². The van der Waals surface area contributed by atoms with Gasteiger partial charge in [0.25, 0.3) is 0 Å². The van der Waals surface area contributed by atoms with Crippen LogP contribution in [0.3, 0.4) is 0 Å². The van der Waals surface area contributed by atoms with E-state index in [1.54, 1.807) is 0 Å². The fraction of sp³-hybridized carbons (Fsp3) is 0.571. The van der Waals surface area contributed by atoms with Gasteiger partial charge in [0.15, 0.2) is 0 Å². The molecule has 94 valence electrons. The van der Waals surface area contributed by atoms with Crippen molar-refractivity contribution in [3.8, 4) is 5.75 Å². The minimum atomic E-state index is 0.117. The summed E-state index contributed by atoms with van der Waals surface area (Å²) in [5.74, 6) is 0.925. The molecule has 17 heavy (non-hydrogen) atoms. The second-order valence-electron chi connectivity index (χ2n) is 4.50. The highest BCUT2D eigenvalue weighted by Gasteiger charge is 2.26. The minimum Gasteiger partial charge on any atom is -0.486 e. The third kappa shape index (κ3) is 3.45. The minimum absolute atomic E-state index is 0.117. The van der Waals surface area contributed by atoms with Crippen LogP contribution in [0.2, 0.25) is 0 Å². The number of aryl methyl sites for hydroxylation is 1. The Morgan fingerprint density at radius 2 is 2.12 bits per heavy atom. The maximum atomic E-state index is 5.99. The van der Waals surface area contributed by atoms with Crippen LogP contribution in [0.25, 0.3) is 0 Å². The highest BCUT2D eigenvalue weighted by molar-refractivity contribution is 5.26. The molecule has 1 aliphatic rings. The summed E-state index contributed by atoms with van der Waals surface area (Å²) in [5.41, 5.74) is 1.25. The Morgan fingerprint density at radius 3 is 2.82 bits per heavy atom. The van der Waals surface area contributed by atoms with Gasteiger partial charge in [-0.15, -0.1) is 0 Å². The van der Waals surface area contributed by atoms with E-state index in [0.29, 0.717) is 12.6 Å². The molecule has 1 fully saturated rings. The summed E-state index contributed by atoms with van der Waals surface area (Å²) in [6, 6.07) is 8.58. The normalized spacial score (nSPS) is 24.6. The molecular weight excluding hydrogens is 214 g/mol. The Morgan fingerprint density at radius 1 is 1.35 bits per heavy atom. The average molecular weight is 235 g/mol. The van der Waals surface area contributed by atoms with E-state index in [2.05, 4.69) is 31.3 Å². The molecule has 0 aliphatic carbocycles. The van der Waals surface area contributed by atoms with E-state index in [1.165, 1.54) is 5.56 Å². The maximum Gasteiger partial charge on any atom is 0.137 e. The lowest BCUT2D eigenvalue weighted by atomic mass is 10.1. The average Bonchev–Trinajstić information content (AvgIpc) is 2.35. The van der Waals surface area contributed by atoms with Gasteiger partial charge in [0, 0.05) is 12.6 Å². The van der Waals surface area contributed by atoms with E-state index in [4.69, 9.17) is 9.47 Å². The molecule has 3 heteroatoms. The molecular formula is C14H21NO2. The molecule has 2 rings (SSSR count). The topological polar surface area (TPSA) is 30.5 Å². The first-order valence-electron chi connectivity index (χ1n) is 6.34. The van der Waals surface area contributed by atoms with Crippen LogP contribution < -0.4 is 10.1 Å². The van der Waals surface area contributed by atoms with Gasteiger partial charge in [0.1, 0.15) is 11.9 Å². The predicted octanol–water partition coefficient (Wildman–Crippen LogP) is 2.14. The van der Waals surface area contributed by atoms with Crippen LogP contribution in [-0.4, -0.2) is 31.9 Å². The summed E-state index contributed by atoms with van der Waals surface area (Å²) in [4.78, 5) is 0. The second-order valence-corrected chi connectivity index (χ2v) is 4.50. The van der Waals surface area contributed by atoms with E-state index in [-0.39, 0.29) is 6.10 Å². The Hall–Kier alpha value is -1.06. The van der Waals surface area contributed by atoms with Gasteiger partial charge in [-0.25, -0.2) is 0 Å². The zero-order valence-corrected chi connectivity index (χ0v) is 10.6. The van der Waals surface area contributed by atoms with Crippen LogP contribution in [0, 0.1) is 6.92 Å². The Kier molecular flexibility index (Phi) is 4.40. The lowest BCUT2D eigenvalue weighted by Crippen LogP contribution is -2.49. The second kappa shape index (κ2) is 6.03. The molecule has 2 unspecified atom stereocenters. The Balaban J connectivity index is 1.97. The number of hydrogen-bond acceptors (Lipinski definition) is 3. The van der Waals surface area contributed by atoms with Crippen molar-refractivity contribution < 1.29 is 9.47 Å². The Bertz CT molecular complexity index is 335. The number of rotatable bonds is 4. The zero-order chi connectivity index (χ0) is 12.1. The Labute approximate surface area is 103 Å². The van der Waals surface area contributed by atoms with Crippen molar-refractivity contribution in [2.45, 2.75) is 32.4 Å². The van der Waals surface area contributed by atoms with Crippen LogP contribution in [0.1, 0.15) is 18.9 Å². The van der Waals surface area contributed by atoms with E-state index in [1.807, 2.05) is 12.1 Å². The molecule has 0 aromatic heterocycles. The van der Waals surface area contributed by atoms with E-state index < -0.39 is 0 Å². The van der Waals surface area contributed by atoms with Crippen LogP contribution in [0.4, 0.5) is 0 Å². The third-order valence-electron chi connectivity index (χ3n) is 3.08. The van der Waals surface area contributed by atoms with Crippen molar-refractivity contribution in [1.82, 2.24) is 5.32 Å². The maximum absolute atomic E-state index is 5.99. The first-order chi connectivity index (χ1) is 8.29. The summed E-state index contributed by atoms with van der Waals surface area (Å²) in [5, 5.41) is 3.46. The van der Waals surface area contributed by atoms with Crippen molar-refractivity contribution in [1.29, 1.82) is 0 Å². The monoisotopic (exact) mass is 235 g/mol. The number of nitrogens with one attached hydrogen (secondary N) is 1. The first kappa shape index (κ1) is 12.4. The zero-order valence-electron chi connectivity index (χ0n) is 10.6. The standard InChI is InChI=1S/C14H21NO2/c1-3-15-13-8-9-16-10-14(13)17-12-6-4-11(2)5-7-12/h4-7,13-15H,3,8-10H2,1-2H3. The third-order valence-corrected chi connectivity index (χ3v) is 3.08. The summed E-state index contributed by atoms with van der Waals surface area (Å²) < 4.78 is 11.5. The molecule has 0 radical (unpaired) electrons. The van der Waals surface area contributed by atoms with Crippen molar-refractivity contribution >= 4 is 0 Å². The smallest absolute Gasteiger partial charge is 0.137 e. The predicted molar refractivity (Wildman–Crippen MR) is 68.5 cm³/mol. The fourth-order valence-electron chi connectivity index (χ4n) is 2.12. The number of hydrogen-bond donors (Lipinski definition) is 1. The molecule has 1 aliphatic heterocycles. The first-order valence-corrected chi connectivity index (χ1v) is 6.34. The van der Waals surface area contributed by atoms with Gasteiger partial charge in [-0.05, 0) is 32.0 Å². The number of likely N-dealkylation sites (N-methyl/N-ethyl adjacent to an activating group) is 1. The highest BCUT2D eigenvalue weighted by atomic mass is 16.5. The van der Waals surface area contributed by atoms with Gasteiger partial charge < -0.3 is 14.8 Å². The van der Waals surface area contributed by atoms with Crippen LogP contribution in [-0.2, 0) is 4.74 Å². The molecule has 1 heterocycles. The van der Waals surface area contributed by atoms with Crippen LogP contribution in [0.5, 0.6) is 5.75 Å². The van der Waals surface area contributed by atoms with Gasteiger partial charge in [0.05, 0.1) is 6.61 Å². The van der Waals surface area contributed by atoms with Crippen molar-refractivity contribution in [3.05, 3.63) is 29.8 Å². The summed E-state index contributed by atoms with van der Waals surface area (Å²) in [6.45, 7) is 6.67. The van der Waals surface area contributed by atoms with Gasteiger partial charge in [-0.1, -0.05) is 24.6 Å². The molecule has 1 N–H and O–H groups in total. The summed E-state index contributed by atoms with van der Waals surface area (Å²) in [6.07, 6.45) is 1.14. The lowest BCUT2D eigenvalue weighted by molar-refractivity contribution is -0.0143. The fourth-order valence-corrected chi connectivity index (χ4v) is 2.12. The summed E-state index contributed by atoms with van der Waals surface area (Å²) >= 11 is 0. The van der Waals surface area contributed by atoms with Gasteiger partial charge >= 0.3 is 0 Å². The largest absolute Gasteiger partial charge is 0.486 e. The summed E-state index contributed by atoms with van der Waals surface area (Å²) in [7, 11) is 0. The van der Waals surface area contributed by atoms with Crippen molar-refractivity contribution in [2.75, 3.05) is 19.8 Å². The molecule has 0 saturated carbocycles. The van der Waals surface area contributed by atoms with E-state index in [9.17, 15) is 0 Å². The van der Waals surface area contributed by atoms with Crippen LogP contribution >= 0.6 is 0 Å². The molecule has 1 aromatic carbocycles. The molecule has 0 amide bonds.